The number of aryl methyl sites for hydroxylation is 1. The molecule has 213 valence electrons. The van der Waals surface area contributed by atoms with Crippen molar-refractivity contribution in [3.8, 4) is 23.0 Å². The van der Waals surface area contributed by atoms with Gasteiger partial charge in [0.15, 0.2) is 23.0 Å². The minimum absolute atomic E-state index is 0.0495. The zero-order chi connectivity index (χ0) is 28.4. The van der Waals surface area contributed by atoms with E-state index < -0.39 is 0 Å². The first kappa shape index (κ1) is 31.1. The fourth-order valence-corrected chi connectivity index (χ4v) is 6.96. The van der Waals surface area contributed by atoms with Crippen LogP contribution in [0, 0.1) is 24.7 Å². The fraction of sp³-hybridized carbons (Fsp3) is 0.567. The second-order valence-corrected chi connectivity index (χ2v) is 11.0. The van der Waals surface area contributed by atoms with Gasteiger partial charge < -0.3 is 30.5 Å². The normalized spacial score (nSPS) is 24.5. The molecule has 6 rings (SSSR count). The van der Waals surface area contributed by atoms with E-state index in [1.54, 1.807) is 18.3 Å². The van der Waals surface area contributed by atoms with Crippen LogP contribution in [0.1, 0.15) is 62.1 Å². The number of aromatic hydroxyl groups is 3. The summed E-state index contributed by atoms with van der Waals surface area (Å²) in [6, 6.07) is 9.26. The number of nitrogens with one attached hydrogen (secondary N) is 1. The van der Waals surface area contributed by atoms with E-state index in [9.17, 15) is 15.3 Å². The van der Waals surface area contributed by atoms with E-state index in [-0.39, 0.29) is 23.9 Å². The van der Waals surface area contributed by atoms with Crippen molar-refractivity contribution < 1.29 is 46.2 Å². The Morgan fingerprint density at radius 1 is 1.03 bits per heavy atom. The Bertz CT molecular complexity index is 1050. The van der Waals surface area contributed by atoms with Gasteiger partial charge in [0.05, 0.1) is 19.8 Å². The van der Waals surface area contributed by atoms with E-state index in [0.29, 0.717) is 43.0 Å². The Labute approximate surface area is 240 Å². The molecule has 0 aliphatic heterocycles. The molecule has 5 N–H and O–H groups in total. The van der Waals surface area contributed by atoms with Gasteiger partial charge in [-0.05, 0) is 105 Å². The molecule has 4 saturated carbocycles. The molecule has 0 saturated heterocycles. The molecule has 39 heavy (non-hydrogen) atoms. The molecule has 4 bridgehead atoms. The maximum atomic E-state index is 9.93. The molecule has 0 radical (unpaired) electrons. The molecule has 0 aromatic heterocycles. The third-order valence-corrected chi connectivity index (χ3v) is 8.20. The SMILES string of the molecule is CCOc1cccc(C=NCCNCCO)c1O.Cc1cc(C23CC4CC(CC(C4)C2)C3)cc(O)c1O.[O]=[V]. The summed E-state index contributed by atoms with van der Waals surface area (Å²) < 4.78 is 13.5. The minimum atomic E-state index is 0.0495. The van der Waals surface area contributed by atoms with Gasteiger partial charge in [0.2, 0.25) is 0 Å². The van der Waals surface area contributed by atoms with Crippen LogP contribution in [0.3, 0.4) is 0 Å². The third-order valence-electron chi connectivity index (χ3n) is 8.20. The molecule has 4 aliphatic rings. The number of phenols is 3. The first-order valence-corrected chi connectivity index (χ1v) is 14.4. The number of aliphatic hydroxyl groups excluding tert-OH is 1. The molecule has 0 atom stereocenters. The Balaban J connectivity index is 0.000000203. The fourth-order valence-electron chi connectivity index (χ4n) is 6.96. The van der Waals surface area contributed by atoms with Crippen molar-refractivity contribution in [1.29, 1.82) is 0 Å². The van der Waals surface area contributed by atoms with Crippen LogP contribution >= 0.6 is 0 Å². The van der Waals surface area contributed by atoms with Crippen molar-refractivity contribution in [2.24, 2.45) is 22.7 Å². The van der Waals surface area contributed by atoms with Gasteiger partial charge in [0.1, 0.15) is 0 Å². The second kappa shape index (κ2) is 14.8. The molecule has 0 spiro atoms. The van der Waals surface area contributed by atoms with Gasteiger partial charge in [-0.15, -0.1) is 0 Å². The predicted molar refractivity (Wildman–Crippen MR) is 147 cm³/mol. The van der Waals surface area contributed by atoms with E-state index in [1.165, 1.54) is 44.1 Å². The van der Waals surface area contributed by atoms with Crippen molar-refractivity contribution in [1.82, 2.24) is 5.32 Å². The van der Waals surface area contributed by atoms with Crippen LogP contribution < -0.4 is 10.1 Å². The number of ether oxygens (including phenoxy) is 1. The topological polar surface area (TPSA) is 132 Å². The molecular formula is C30H42N2O6V. The first-order chi connectivity index (χ1) is 18.8. The summed E-state index contributed by atoms with van der Waals surface area (Å²) in [6.45, 7) is 6.26. The van der Waals surface area contributed by atoms with Gasteiger partial charge in [-0.1, -0.05) is 12.1 Å². The molecular weight excluding hydrogens is 535 g/mol. The van der Waals surface area contributed by atoms with E-state index in [0.717, 1.165) is 40.7 Å². The quantitative estimate of drug-likeness (QED) is 0.168. The van der Waals surface area contributed by atoms with Gasteiger partial charge >= 0.3 is 21.0 Å². The van der Waals surface area contributed by atoms with Gasteiger partial charge in [-0.25, -0.2) is 0 Å². The second-order valence-electron chi connectivity index (χ2n) is 11.0. The van der Waals surface area contributed by atoms with Crippen molar-refractivity contribution >= 4 is 6.21 Å². The number of nitrogens with zero attached hydrogens (tertiary/aromatic N) is 1. The molecule has 4 aliphatic carbocycles. The summed E-state index contributed by atoms with van der Waals surface area (Å²) >= 11 is 1.06. The average Bonchev–Trinajstić information content (AvgIpc) is 2.92. The van der Waals surface area contributed by atoms with Crippen molar-refractivity contribution in [2.45, 2.75) is 57.8 Å². The molecule has 0 heterocycles. The summed E-state index contributed by atoms with van der Waals surface area (Å²) in [7, 11) is 0. The van der Waals surface area contributed by atoms with Crippen LogP contribution in [0.15, 0.2) is 35.3 Å². The Kier molecular flexibility index (Phi) is 11.9. The number of aliphatic hydroxyl groups is 1. The van der Waals surface area contributed by atoms with Crippen molar-refractivity contribution in [3.63, 3.8) is 0 Å². The van der Waals surface area contributed by atoms with Crippen LogP contribution in [-0.4, -0.2) is 59.5 Å². The van der Waals surface area contributed by atoms with Gasteiger partial charge in [0, 0.05) is 24.9 Å². The predicted octanol–water partition coefficient (Wildman–Crippen LogP) is 4.54. The number of phenolic OH excluding ortho intramolecular Hbond substituents is 3. The van der Waals surface area contributed by atoms with Crippen LogP contribution in [0.4, 0.5) is 0 Å². The number of benzene rings is 2. The summed E-state index contributed by atoms with van der Waals surface area (Å²) in [5, 5.41) is 41.2. The molecule has 0 unspecified atom stereocenters. The van der Waals surface area contributed by atoms with E-state index >= 15 is 0 Å². The molecule has 2 aromatic rings. The first-order valence-electron chi connectivity index (χ1n) is 13.8. The molecule has 4 fully saturated rings. The maximum absolute atomic E-state index is 9.93. The standard InChI is InChI=1S/C17H22O2.C13H20N2O3.O.V/c1-10-2-14(6-15(18)16(10)19)17-7-11-3-12(8-17)5-13(4-11)9-17;1-2-18-12-5-3-4-11(13(12)17)10-15-7-6-14-8-9-16;;/h2,6,11-13,18-19H,3-5,7-9H2,1H3;3-5,10,14,16-17H,2,6-9H2,1H3;;. The summed E-state index contributed by atoms with van der Waals surface area (Å²) in [5.41, 5.74) is 3.03. The molecule has 9 heteroatoms. The van der Waals surface area contributed by atoms with Crippen LogP contribution in [-0.2, 0) is 26.5 Å². The number of aliphatic imine (C=N–C) groups is 1. The molecule has 0 amide bonds. The Morgan fingerprint density at radius 2 is 1.67 bits per heavy atom. The Hall–Kier alpha value is -2.39. The summed E-state index contributed by atoms with van der Waals surface area (Å²) in [4.78, 5) is 4.19. The third kappa shape index (κ3) is 7.85. The van der Waals surface area contributed by atoms with Crippen molar-refractivity contribution in [3.05, 3.63) is 47.0 Å². The number of para-hydroxylation sites is 1. The number of hydrogen-bond donors (Lipinski definition) is 5. The van der Waals surface area contributed by atoms with Crippen molar-refractivity contribution in [2.75, 3.05) is 32.8 Å². The van der Waals surface area contributed by atoms with Crippen LogP contribution in [0.2, 0.25) is 0 Å². The molecule has 8 nitrogen and oxygen atoms in total. The van der Waals surface area contributed by atoms with Crippen LogP contribution in [0.25, 0.3) is 0 Å². The van der Waals surface area contributed by atoms with E-state index in [4.69, 9.17) is 13.5 Å². The summed E-state index contributed by atoms with van der Waals surface area (Å²) in [6.07, 6.45) is 9.80. The zero-order valence-corrected chi connectivity index (χ0v) is 24.4. The van der Waals surface area contributed by atoms with E-state index in [2.05, 4.69) is 16.4 Å². The zero-order valence-electron chi connectivity index (χ0n) is 23.0. The monoisotopic (exact) mass is 577 g/mol. The average molecular weight is 578 g/mol. The number of rotatable bonds is 9. The van der Waals surface area contributed by atoms with Gasteiger partial charge in [-0.3, -0.25) is 4.99 Å². The Morgan fingerprint density at radius 3 is 2.23 bits per heavy atom. The van der Waals surface area contributed by atoms with Gasteiger partial charge in [0.25, 0.3) is 0 Å². The van der Waals surface area contributed by atoms with Crippen LogP contribution in [0.5, 0.6) is 23.0 Å². The summed E-state index contributed by atoms with van der Waals surface area (Å²) in [5.74, 6) is 3.41. The van der Waals surface area contributed by atoms with E-state index in [1.807, 2.05) is 26.0 Å². The molecule has 2 aromatic carbocycles. The number of hydrogen-bond acceptors (Lipinski definition) is 8. The van der Waals surface area contributed by atoms with Gasteiger partial charge in [-0.2, -0.15) is 0 Å².